The van der Waals surface area contributed by atoms with E-state index in [9.17, 15) is 9.59 Å². The van der Waals surface area contributed by atoms with Crippen LogP contribution >= 0.6 is 23.2 Å². The van der Waals surface area contributed by atoms with Crippen LogP contribution in [0.15, 0.2) is 18.2 Å². The fraction of sp³-hybridized carbons (Fsp3) is 0.429. The maximum atomic E-state index is 12.7. The second-order valence-electron chi connectivity index (χ2n) is 5.01. The van der Waals surface area contributed by atoms with Crippen molar-refractivity contribution < 1.29 is 14.3 Å². The molecule has 1 fully saturated rings. The predicted molar refractivity (Wildman–Crippen MR) is 80.5 cm³/mol. The highest BCUT2D eigenvalue weighted by Gasteiger charge is 2.49. The molecule has 0 aromatic heterocycles. The normalized spacial score (nSPS) is 21.6. The van der Waals surface area contributed by atoms with Gasteiger partial charge in [0.25, 0.3) is 5.91 Å². The summed E-state index contributed by atoms with van der Waals surface area (Å²) in [5.41, 5.74) is 4.65. The van der Waals surface area contributed by atoms with Gasteiger partial charge in [-0.15, -0.1) is 0 Å². The van der Waals surface area contributed by atoms with Gasteiger partial charge < -0.3 is 15.4 Å². The molecule has 1 aliphatic heterocycles. The van der Waals surface area contributed by atoms with Crippen molar-refractivity contribution in [1.82, 2.24) is 4.90 Å². The van der Waals surface area contributed by atoms with E-state index in [1.165, 1.54) is 18.1 Å². The van der Waals surface area contributed by atoms with Crippen LogP contribution in [0.5, 0.6) is 0 Å². The Labute approximate surface area is 132 Å². The molecule has 0 saturated carbocycles. The van der Waals surface area contributed by atoms with E-state index >= 15 is 0 Å². The van der Waals surface area contributed by atoms with Gasteiger partial charge in [-0.1, -0.05) is 23.2 Å². The Morgan fingerprint density at radius 3 is 2.76 bits per heavy atom. The average Bonchev–Trinajstić information content (AvgIpc) is 2.86. The Morgan fingerprint density at radius 2 is 2.14 bits per heavy atom. The van der Waals surface area contributed by atoms with Crippen LogP contribution in [0.4, 0.5) is 0 Å². The highest BCUT2D eigenvalue weighted by atomic mass is 35.5. The number of amides is 2. The van der Waals surface area contributed by atoms with Gasteiger partial charge in [0.05, 0.1) is 17.2 Å². The minimum absolute atomic E-state index is 0.0618. The van der Waals surface area contributed by atoms with Crippen molar-refractivity contribution in [2.75, 3.05) is 20.3 Å². The van der Waals surface area contributed by atoms with Crippen molar-refractivity contribution in [2.45, 2.75) is 18.4 Å². The van der Waals surface area contributed by atoms with Crippen LogP contribution in [0, 0.1) is 0 Å². The topological polar surface area (TPSA) is 72.6 Å². The maximum Gasteiger partial charge on any atom is 0.256 e. The molecule has 2 rings (SSSR count). The number of primary amides is 1. The standard InChI is InChI=1S/C14H16Cl2N2O3/c1-21-8-14(13(17)20)5-2-6-18(14)12(19)10-7-9(15)3-4-11(10)16/h3-4,7H,2,5-6,8H2,1H3,(H2,17,20). The molecule has 1 aliphatic rings. The Hall–Kier alpha value is -1.30. The Kier molecular flexibility index (Phi) is 4.76. The van der Waals surface area contributed by atoms with Gasteiger partial charge in [0, 0.05) is 18.7 Å². The zero-order valence-corrected chi connectivity index (χ0v) is 13.1. The molecule has 2 N–H and O–H groups in total. The van der Waals surface area contributed by atoms with Crippen molar-refractivity contribution in [2.24, 2.45) is 5.73 Å². The van der Waals surface area contributed by atoms with Gasteiger partial charge >= 0.3 is 0 Å². The molecule has 1 aromatic carbocycles. The summed E-state index contributed by atoms with van der Waals surface area (Å²) in [4.78, 5) is 26.1. The minimum Gasteiger partial charge on any atom is -0.382 e. The van der Waals surface area contributed by atoms with Crippen LogP contribution in [0.2, 0.25) is 10.0 Å². The number of benzene rings is 1. The van der Waals surface area contributed by atoms with Crippen molar-refractivity contribution in [1.29, 1.82) is 0 Å². The lowest BCUT2D eigenvalue weighted by Crippen LogP contribution is -2.58. The number of carbonyl (C=O) groups excluding carboxylic acids is 2. The summed E-state index contributed by atoms with van der Waals surface area (Å²) >= 11 is 12.0. The van der Waals surface area contributed by atoms with Crippen LogP contribution < -0.4 is 5.73 Å². The smallest absolute Gasteiger partial charge is 0.256 e. The first-order valence-corrected chi connectivity index (χ1v) is 7.24. The van der Waals surface area contributed by atoms with E-state index in [1.807, 2.05) is 0 Å². The fourth-order valence-electron chi connectivity index (χ4n) is 2.70. The molecule has 0 spiro atoms. The third-order valence-electron chi connectivity index (χ3n) is 3.73. The van der Waals surface area contributed by atoms with Crippen molar-refractivity contribution in [3.8, 4) is 0 Å². The summed E-state index contributed by atoms with van der Waals surface area (Å²) in [6.45, 7) is 0.486. The van der Waals surface area contributed by atoms with Gasteiger partial charge in [-0.25, -0.2) is 0 Å². The summed E-state index contributed by atoms with van der Waals surface area (Å²) in [7, 11) is 1.47. The van der Waals surface area contributed by atoms with E-state index in [-0.39, 0.29) is 23.1 Å². The summed E-state index contributed by atoms with van der Waals surface area (Å²) < 4.78 is 5.11. The molecule has 1 heterocycles. The van der Waals surface area contributed by atoms with E-state index in [4.69, 9.17) is 33.7 Å². The van der Waals surface area contributed by atoms with E-state index in [2.05, 4.69) is 0 Å². The molecule has 1 unspecified atom stereocenters. The number of halogens is 2. The molecule has 2 amide bonds. The summed E-state index contributed by atoms with van der Waals surface area (Å²) in [5.74, 6) is -0.941. The molecule has 1 aromatic rings. The van der Waals surface area contributed by atoms with Crippen molar-refractivity contribution >= 4 is 35.0 Å². The van der Waals surface area contributed by atoms with E-state index in [1.54, 1.807) is 12.1 Å². The lowest BCUT2D eigenvalue weighted by Gasteiger charge is -2.35. The predicted octanol–water partition coefficient (Wildman–Crippen LogP) is 2.10. The maximum absolute atomic E-state index is 12.7. The number of carbonyl (C=O) groups is 2. The lowest BCUT2D eigenvalue weighted by atomic mass is 9.95. The molecule has 1 saturated heterocycles. The molecule has 0 radical (unpaired) electrons. The molecule has 114 valence electrons. The van der Waals surface area contributed by atoms with Crippen LogP contribution in [-0.2, 0) is 9.53 Å². The lowest BCUT2D eigenvalue weighted by molar-refractivity contribution is -0.130. The van der Waals surface area contributed by atoms with Gasteiger partial charge in [0.1, 0.15) is 5.54 Å². The number of hydrogen-bond donors (Lipinski definition) is 1. The number of hydrogen-bond acceptors (Lipinski definition) is 3. The molecule has 1 atom stereocenters. The third-order valence-corrected chi connectivity index (χ3v) is 4.30. The third kappa shape index (κ3) is 2.86. The zero-order chi connectivity index (χ0) is 15.6. The fourth-order valence-corrected chi connectivity index (χ4v) is 3.07. The van der Waals surface area contributed by atoms with E-state index in [0.717, 1.165) is 0 Å². The molecular weight excluding hydrogens is 315 g/mol. The van der Waals surface area contributed by atoms with Crippen molar-refractivity contribution in [3.05, 3.63) is 33.8 Å². The number of methoxy groups -OCH3 is 1. The second kappa shape index (κ2) is 6.22. The van der Waals surface area contributed by atoms with Crippen LogP contribution in [0.1, 0.15) is 23.2 Å². The summed E-state index contributed by atoms with van der Waals surface area (Å²) in [6, 6.07) is 4.64. The number of nitrogens with zero attached hydrogens (tertiary/aromatic N) is 1. The van der Waals surface area contributed by atoms with Crippen LogP contribution in [0.3, 0.4) is 0 Å². The first kappa shape index (κ1) is 16.1. The van der Waals surface area contributed by atoms with Gasteiger partial charge in [0.2, 0.25) is 5.91 Å². The summed E-state index contributed by atoms with van der Waals surface area (Å²) in [5, 5.41) is 0.686. The molecule has 7 heteroatoms. The minimum atomic E-state index is -1.13. The Bertz CT molecular complexity index is 579. The number of rotatable bonds is 4. The quantitative estimate of drug-likeness (QED) is 0.918. The molecule has 21 heavy (non-hydrogen) atoms. The molecule has 5 nitrogen and oxygen atoms in total. The Balaban J connectivity index is 2.41. The van der Waals surface area contributed by atoms with Gasteiger partial charge in [0.15, 0.2) is 0 Å². The van der Waals surface area contributed by atoms with E-state index in [0.29, 0.717) is 24.4 Å². The van der Waals surface area contributed by atoms with E-state index < -0.39 is 11.4 Å². The average molecular weight is 331 g/mol. The molecular formula is C14H16Cl2N2O3. The molecule has 0 aliphatic carbocycles. The molecule has 0 bridgehead atoms. The van der Waals surface area contributed by atoms with Gasteiger partial charge in [-0.3, -0.25) is 9.59 Å². The SMILES string of the molecule is COCC1(C(N)=O)CCCN1C(=O)c1cc(Cl)ccc1Cl. The highest BCUT2D eigenvalue weighted by molar-refractivity contribution is 6.35. The summed E-state index contributed by atoms with van der Waals surface area (Å²) in [6.07, 6.45) is 1.15. The largest absolute Gasteiger partial charge is 0.382 e. The van der Waals surface area contributed by atoms with Gasteiger partial charge in [-0.2, -0.15) is 0 Å². The van der Waals surface area contributed by atoms with Crippen LogP contribution in [0.25, 0.3) is 0 Å². The van der Waals surface area contributed by atoms with Crippen molar-refractivity contribution in [3.63, 3.8) is 0 Å². The first-order chi connectivity index (χ1) is 9.92. The second-order valence-corrected chi connectivity index (χ2v) is 5.86. The van der Waals surface area contributed by atoms with Crippen LogP contribution in [-0.4, -0.2) is 42.5 Å². The number of likely N-dealkylation sites (tertiary alicyclic amines) is 1. The van der Waals surface area contributed by atoms with Gasteiger partial charge in [-0.05, 0) is 31.0 Å². The number of ether oxygens (including phenoxy) is 1. The Morgan fingerprint density at radius 1 is 1.43 bits per heavy atom. The zero-order valence-electron chi connectivity index (χ0n) is 11.6. The number of nitrogens with two attached hydrogens (primary N) is 1. The highest BCUT2D eigenvalue weighted by Crippen LogP contribution is 2.33. The first-order valence-electron chi connectivity index (χ1n) is 6.48. The monoisotopic (exact) mass is 330 g/mol.